The van der Waals surface area contributed by atoms with Crippen molar-refractivity contribution in [3.05, 3.63) is 139 Å². The van der Waals surface area contributed by atoms with Crippen LogP contribution in [-0.4, -0.2) is 15.0 Å². The fourth-order valence-corrected chi connectivity index (χ4v) is 2.62. The molecule has 36 heavy (non-hydrogen) atoms. The van der Waals surface area contributed by atoms with Crippen molar-refractivity contribution in [2.45, 2.75) is 0 Å². The molecule has 3 nitrogen and oxygen atoms in total. The molecule has 0 aliphatic rings. The molecule has 0 amide bonds. The van der Waals surface area contributed by atoms with Gasteiger partial charge in [-0.3, -0.25) is 22.5 Å². The molecule has 0 radical (unpaired) electrons. The van der Waals surface area contributed by atoms with Gasteiger partial charge in [0.15, 0.2) is 0 Å². The summed E-state index contributed by atoms with van der Waals surface area (Å²) in [4.78, 5) is 11.7. The summed E-state index contributed by atoms with van der Waals surface area (Å²) in [5.41, 5.74) is 1.27. The normalized spacial score (nSPS) is 9.39. The summed E-state index contributed by atoms with van der Waals surface area (Å²) in [6.45, 7) is 0. The van der Waals surface area contributed by atoms with E-state index in [1.165, 1.54) is 17.9 Å². The van der Waals surface area contributed by atoms with Gasteiger partial charge in [0.25, 0.3) is 0 Å². The molecule has 2 aromatic carbocycles. The molecule has 0 atom stereocenters. The van der Waals surface area contributed by atoms with E-state index in [-0.39, 0.29) is 11.1 Å². The van der Waals surface area contributed by atoms with Gasteiger partial charge in [0.2, 0.25) is 0 Å². The topological polar surface area (TPSA) is 38.7 Å². The van der Waals surface area contributed by atoms with Crippen molar-refractivity contribution in [2.75, 3.05) is 0 Å². The summed E-state index contributed by atoms with van der Waals surface area (Å²) in [5.74, 6) is -2.57. The molecule has 0 saturated heterocycles. The van der Waals surface area contributed by atoms with E-state index in [0.29, 0.717) is 11.4 Å². The molecule has 184 valence electrons. The summed E-state index contributed by atoms with van der Waals surface area (Å²) in [6, 6.07) is 24.8. The third-order valence-electron chi connectivity index (χ3n) is 4.12. The van der Waals surface area contributed by atoms with Gasteiger partial charge in [0.1, 0.15) is 0 Å². The van der Waals surface area contributed by atoms with Gasteiger partial charge in [0, 0.05) is 48.1 Å². The first-order valence-corrected chi connectivity index (χ1v) is 13.0. The Morgan fingerprint density at radius 2 is 1.00 bits per heavy atom. The number of pyridine rings is 3. The number of hydrogen-bond donors (Lipinski definition) is 0. The number of nitrogens with zero attached hydrogens (tertiary/aromatic N) is 3. The summed E-state index contributed by atoms with van der Waals surface area (Å²) in [6.07, 6.45) is 6.60. The number of halogens is 5. The predicted octanol–water partition coefficient (Wildman–Crippen LogP) is 7.42. The van der Waals surface area contributed by atoms with Crippen LogP contribution in [0, 0.1) is 35.4 Å². The standard InChI is InChI=1S/2C11H6F2N.C5H5N.ClH.Ir/c2*12-8-4-5-9(10(13)7-8)11-3-1-2-6-14-11;1-2-4-6-5-3-1;;/h2*1-4,6-7H;1-5H;1H;/q2*-1;;;+3/p-1. The Balaban J connectivity index is 0.000000196. The van der Waals surface area contributed by atoms with Crippen LogP contribution in [0.1, 0.15) is 0 Å². The molecule has 0 N–H and O–H groups in total. The number of benzene rings is 2. The van der Waals surface area contributed by atoms with Gasteiger partial charge >= 0.3 is 27.5 Å². The van der Waals surface area contributed by atoms with E-state index < -0.39 is 23.3 Å². The Morgan fingerprint density at radius 3 is 1.28 bits per heavy atom. The average Bonchev–Trinajstić information content (AvgIpc) is 2.93. The maximum atomic E-state index is 13.2. The molecule has 0 bridgehead atoms. The fraction of sp³-hybridized carbons (Fsp3) is 0. The molecular weight excluding hydrogens is 670 g/mol. The zero-order valence-corrected chi connectivity index (χ0v) is 21.5. The van der Waals surface area contributed by atoms with Crippen molar-refractivity contribution >= 4 is 9.58 Å². The third kappa shape index (κ3) is 9.66. The van der Waals surface area contributed by atoms with E-state index in [1.54, 1.807) is 61.2 Å². The minimum absolute atomic E-state index is 0.187. The second-order valence-electron chi connectivity index (χ2n) is 6.54. The quantitative estimate of drug-likeness (QED) is 0.143. The number of hydrogen-bond acceptors (Lipinski definition) is 3. The van der Waals surface area contributed by atoms with Crippen molar-refractivity contribution in [2.24, 2.45) is 0 Å². The molecular formula is C27H17ClF4IrN3. The first-order valence-electron chi connectivity index (χ1n) is 10.1. The molecule has 0 spiro atoms. The summed E-state index contributed by atoms with van der Waals surface area (Å²) in [5, 5.41) is 0. The largest absolute Gasteiger partial charge is 0.265 e. The van der Waals surface area contributed by atoms with Crippen molar-refractivity contribution in [3.8, 4) is 22.5 Å². The second-order valence-corrected chi connectivity index (χ2v) is 6.54. The molecule has 5 rings (SSSR count). The molecule has 5 aromatic rings. The van der Waals surface area contributed by atoms with Crippen molar-refractivity contribution in [1.29, 1.82) is 0 Å². The molecule has 0 aliphatic carbocycles. The van der Waals surface area contributed by atoms with Crippen LogP contribution in [0.15, 0.2) is 104 Å². The summed E-state index contributed by atoms with van der Waals surface area (Å²) >= 11 is 1.47. The SMILES string of the molecule is Fc1c[c-]c(-c2ccccn2)c(F)c1.Fc1c[c-]c(-c2ccccn2)c(F)c1.[Cl][Ir+2].c1ccncc1. The van der Waals surface area contributed by atoms with E-state index in [9.17, 15) is 17.6 Å². The van der Waals surface area contributed by atoms with Gasteiger partial charge in [-0.05, 0) is 35.7 Å². The van der Waals surface area contributed by atoms with E-state index in [0.717, 1.165) is 24.3 Å². The van der Waals surface area contributed by atoms with Crippen molar-refractivity contribution in [3.63, 3.8) is 0 Å². The van der Waals surface area contributed by atoms with Crippen LogP contribution in [0.25, 0.3) is 22.5 Å². The van der Waals surface area contributed by atoms with Crippen LogP contribution >= 0.6 is 9.58 Å². The van der Waals surface area contributed by atoms with Crippen molar-refractivity contribution < 1.29 is 35.5 Å². The molecule has 9 heteroatoms. The summed E-state index contributed by atoms with van der Waals surface area (Å²) in [7, 11) is 4.64. The Hall–Kier alpha value is -3.45. The van der Waals surface area contributed by atoms with Gasteiger partial charge in [-0.15, -0.1) is 24.3 Å². The van der Waals surface area contributed by atoms with Crippen LogP contribution in [0.3, 0.4) is 0 Å². The predicted molar refractivity (Wildman–Crippen MR) is 127 cm³/mol. The first kappa shape index (κ1) is 28.8. The van der Waals surface area contributed by atoms with Gasteiger partial charge in [-0.2, -0.15) is 0 Å². The monoisotopic (exact) mass is 687 g/mol. The Morgan fingerprint density at radius 1 is 0.583 bits per heavy atom. The van der Waals surface area contributed by atoms with E-state index in [2.05, 4.69) is 36.7 Å². The maximum Gasteiger partial charge on any atom is 0.0267 e. The smallest absolute Gasteiger partial charge is 0.0267 e. The molecule has 0 saturated carbocycles. The third-order valence-corrected chi connectivity index (χ3v) is 4.12. The van der Waals surface area contributed by atoms with Crippen LogP contribution < -0.4 is 0 Å². The molecule has 3 heterocycles. The Labute approximate surface area is 221 Å². The Bertz CT molecular complexity index is 1190. The van der Waals surface area contributed by atoms with Gasteiger partial charge < -0.3 is 9.97 Å². The molecule has 0 aliphatic heterocycles. The van der Waals surface area contributed by atoms with Crippen molar-refractivity contribution in [1.82, 2.24) is 15.0 Å². The first-order chi connectivity index (χ1) is 17.5. The zero-order chi connectivity index (χ0) is 26.2. The molecule has 0 fully saturated rings. The Kier molecular flexibility index (Phi) is 13.0. The molecule has 3 aromatic heterocycles. The zero-order valence-electron chi connectivity index (χ0n) is 18.4. The fourth-order valence-electron chi connectivity index (χ4n) is 2.62. The summed E-state index contributed by atoms with van der Waals surface area (Å²) < 4.78 is 51.6. The van der Waals surface area contributed by atoms with E-state index in [4.69, 9.17) is 0 Å². The minimum Gasteiger partial charge on any atom is -0.265 e. The van der Waals surface area contributed by atoms with Crippen LogP contribution in [0.4, 0.5) is 17.6 Å². The van der Waals surface area contributed by atoms with Crippen LogP contribution in [0.2, 0.25) is 0 Å². The van der Waals surface area contributed by atoms with E-state index in [1.807, 2.05) is 18.2 Å². The molecule has 0 unspecified atom stereocenters. The minimum atomic E-state index is -0.649. The van der Waals surface area contributed by atoms with Gasteiger partial charge in [0.05, 0.1) is 0 Å². The average molecular weight is 687 g/mol. The van der Waals surface area contributed by atoms with Gasteiger partial charge in [-0.1, -0.05) is 53.6 Å². The van der Waals surface area contributed by atoms with E-state index >= 15 is 0 Å². The maximum absolute atomic E-state index is 13.2. The van der Waals surface area contributed by atoms with Gasteiger partial charge in [-0.25, -0.2) is 0 Å². The number of rotatable bonds is 2. The van der Waals surface area contributed by atoms with Crippen LogP contribution in [0.5, 0.6) is 0 Å². The number of aromatic nitrogens is 3. The second kappa shape index (κ2) is 16.3. The van der Waals surface area contributed by atoms with Crippen LogP contribution in [-0.2, 0) is 17.9 Å².